The predicted octanol–water partition coefficient (Wildman–Crippen LogP) is 4.11. The van der Waals surface area contributed by atoms with Gasteiger partial charge in [0.2, 0.25) is 11.8 Å². The largest absolute Gasteiger partial charge is 0.339 e. The van der Waals surface area contributed by atoms with Crippen molar-refractivity contribution >= 4 is 23.2 Å². The van der Waals surface area contributed by atoms with Crippen LogP contribution in [0.15, 0.2) is 35.7 Å². The first-order chi connectivity index (χ1) is 15.4. The molecule has 172 valence electrons. The van der Waals surface area contributed by atoms with Crippen LogP contribution < -0.4 is 0 Å². The molecule has 2 aromatic rings. The molecule has 2 amide bonds. The van der Waals surface area contributed by atoms with E-state index in [1.54, 1.807) is 0 Å². The summed E-state index contributed by atoms with van der Waals surface area (Å²) in [5.74, 6) is 0.387. The first-order valence-corrected chi connectivity index (χ1v) is 12.7. The van der Waals surface area contributed by atoms with Gasteiger partial charge in [-0.15, -0.1) is 11.3 Å². The molecule has 4 rings (SSSR count). The molecule has 0 spiro atoms. The average Bonchev–Trinajstić information content (AvgIpc) is 3.26. The highest BCUT2D eigenvalue weighted by Gasteiger charge is 2.33. The Kier molecular flexibility index (Phi) is 7.01. The highest BCUT2D eigenvalue weighted by molar-refractivity contribution is 7.10. The number of fused-ring (bicyclic) bond motifs is 1. The Labute approximate surface area is 196 Å². The number of nitrogens with zero attached hydrogens (tertiary/aromatic N) is 3. The number of thiophene rings is 1. The molecule has 5 nitrogen and oxygen atoms in total. The van der Waals surface area contributed by atoms with E-state index in [0.29, 0.717) is 26.1 Å². The fraction of sp³-hybridized carbons (Fsp3) is 0.538. The number of hydrogen-bond acceptors (Lipinski definition) is 4. The van der Waals surface area contributed by atoms with Crippen molar-refractivity contribution in [1.29, 1.82) is 0 Å². The zero-order chi connectivity index (χ0) is 22.8. The van der Waals surface area contributed by atoms with E-state index in [9.17, 15) is 9.59 Å². The summed E-state index contributed by atoms with van der Waals surface area (Å²) in [5, 5.41) is 2.20. The molecule has 1 aromatic carbocycles. The highest BCUT2D eigenvalue weighted by Crippen LogP contribution is 2.38. The lowest BCUT2D eigenvalue weighted by atomic mass is 9.90. The van der Waals surface area contributed by atoms with Crippen molar-refractivity contribution in [2.24, 2.45) is 5.92 Å². The Morgan fingerprint density at radius 1 is 1.09 bits per heavy atom. The molecule has 2 aliphatic rings. The summed E-state index contributed by atoms with van der Waals surface area (Å²) in [7, 11) is 0. The molecular formula is C26H35N3O2S. The lowest BCUT2D eigenvalue weighted by molar-refractivity contribution is -0.144. The molecular weight excluding hydrogens is 418 g/mol. The van der Waals surface area contributed by atoms with E-state index in [4.69, 9.17) is 0 Å². The molecule has 0 N–H and O–H groups in total. The highest BCUT2D eigenvalue weighted by atomic mass is 32.1. The van der Waals surface area contributed by atoms with Crippen LogP contribution in [0.3, 0.4) is 0 Å². The number of hydrogen-bond donors (Lipinski definition) is 0. The van der Waals surface area contributed by atoms with Gasteiger partial charge >= 0.3 is 0 Å². The second-order valence-corrected chi connectivity index (χ2v) is 10.5. The number of piperazine rings is 1. The van der Waals surface area contributed by atoms with Crippen molar-refractivity contribution in [1.82, 2.24) is 14.7 Å². The number of aryl methyl sites for hydroxylation is 1. The first kappa shape index (κ1) is 23.0. The van der Waals surface area contributed by atoms with Crippen molar-refractivity contribution in [2.75, 3.05) is 32.7 Å². The summed E-state index contributed by atoms with van der Waals surface area (Å²) < 4.78 is 0. The molecule has 1 saturated heterocycles. The van der Waals surface area contributed by atoms with Gasteiger partial charge in [0, 0.05) is 56.0 Å². The van der Waals surface area contributed by atoms with Crippen molar-refractivity contribution in [2.45, 2.75) is 52.6 Å². The van der Waals surface area contributed by atoms with Crippen LogP contribution in [-0.4, -0.2) is 65.3 Å². The number of benzene rings is 1. The van der Waals surface area contributed by atoms with Gasteiger partial charge in [0.25, 0.3) is 0 Å². The Bertz CT molecular complexity index is 969. The molecule has 2 unspecified atom stereocenters. The smallest absolute Gasteiger partial charge is 0.225 e. The molecule has 3 heterocycles. The second-order valence-electron chi connectivity index (χ2n) is 9.47. The Hall–Kier alpha value is -2.18. The number of carbonyl (C=O) groups is 2. The number of carbonyl (C=O) groups excluding carboxylic acids is 2. The maximum Gasteiger partial charge on any atom is 0.225 e. The summed E-state index contributed by atoms with van der Waals surface area (Å²) in [4.78, 5) is 33.4. The quantitative estimate of drug-likeness (QED) is 0.684. The molecule has 32 heavy (non-hydrogen) atoms. The van der Waals surface area contributed by atoms with Crippen molar-refractivity contribution < 1.29 is 9.59 Å². The van der Waals surface area contributed by atoms with Gasteiger partial charge in [-0.25, -0.2) is 0 Å². The topological polar surface area (TPSA) is 43.9 Å². The Morgan fingerprint density at radius 3 is 2.59 bits per heavy atom. The summed E-state index contributed by atoms with van der Waals surface area (Å²) in [6, 6.07) is 11.2. The fourth-order valence-electron chi connectivity index (χ4n) is 5.11. The molecule has 1 fully saturated rings. The van der Waals surface area contributed by atoms with Crippen molar-refractivity contribution in [3.63, 3.8) is 0 Å². The summed E-state index contributed by atoms with van der Waals surface area (Å²) in [6.45, 7) is 11.8. The molecule has 0 bridgehead atoms. The summed E-state index contributed by atoms with van der Waals surface area (Å²) in [6.07, 6.45) is 1.57. The van der Waals surface area contributed by atoms with Crippen LogP contribution in [0.25, 0.3) is 0 Å². The monoisotopic (exact) mass is 453 g/mol. The van der Waals surface area contributed by atoms with Gasteiger partial charge in [-0.05, 0) is 48.4 Å². The lowest BCUT2D eigenvalue weighted by Gasteiger charge is -2.41. The molecule has 2 aliphatic heterocycles. The van der Waals surface area contributed by atoms with Crippen LogP contribution in [0.1, 0.15) is 54.8 Å². The Morgan fingerprint density at radius 2 is 1.88 bits per heavy atom. The third kappa shape index (κ3) is 4.62. The predicted molar refractivity (Wildman–Crippen MR) is 130 cm³/mol. The van der Waals surface area contributed by atoms with Gasteiger partial charge in [0.1, 0.15) is 0 Å². The lowest BCUT2D eigenvalue weighted by Crippen LogP contribution is -2.56. The van der Waals surface area contributed by atoms with Crippen molar-refractivity contribution in [3.05, 3.63) is 57.3 Å². The molecule has 6 heteroatoms. The van der Waals surface area contributed by atoms with Crippen LogP contribution in [0.2, 0.25) is 0 Å². The number of amides is 2. The van der Waals surface area contributed by atoms with Crippen LogP contribution in [0.5, 0.6) is 0 Å². The van der Waals surface area contributed by atoms with Gasteiger partial charge in [-0.1, -0.05) is 38.1 Å². The molecule has 0 aliphatic carbocycles. The minimum atomic E-state index is -0.000763. The van der Waals surface area contributed by atoms with E-state index in [-0.39, 0.29) is 29.8 Å². The third-order valence-electron chi connectivity index (χ3n) is 6.92. The zero-order valence-electron chi connectivity index (χ0n) is 19.7. The van der Waals surface area contributed by atoms with Crippen LogP contribution in [0, 0.1) is 12.8 Å². The van der Waals surface area contributed by atoms with E-state index in [1.165, 1.54) is 21.6 Å². The molecule has 0 radical (unpaired) electrons. The zero-order valence-corrected chi connectivity index (χ0v) is 20.5. The van der Waals surface area contributed by atoms with Crippen LogP contribution >= 0.6 is 11.3 Å². The average molecular weight is 454 g/mol. The minimum absolute atomic E-state index is 0.000763. The maximum absolute atomic E-state index is 13.1. The van der Waals surface area contributed by atoms with Crippen LogP contribution in [0.4, 0.5) is 0 Å². The maximum atomic E-state index is 13.1. The van der Waals surface area contributed by atoms with E-state index in [0.717, 1.165) is 19.5 Å². The van der Waals surface area contributed by atoms with E-state index in [1.807, 2.05) is 35.0 Å². The second kappa shape index (κ2) is 9.75. The Balaban J connectivity index is 1.42. The van der Waals surface area contributed by atoms with Gasteiger partial charge in [0.15, 0.2) is 0 Å². The summed E-state index contributed by atoms with van der Waals surface area (Å²) in [5.41, 5.74) is 4.04. The van der Waals surface area contributed by atoms with Gasteiger partial charge in [-0.2, -0.15) is 0 Å². The number of rotatable bonds is 5. The van der Waals surface area contributed by atoms with E-state index in [2.05, 4.69) is 54.5 Å². The van der Waals surface area contributed by atoms with Gasteiger partial charge < -0.3 is 9.80 Å². The fourth-order valence-corrected chi connectivity index (χ4v) is 6.01. The third-order valence-corrected chi connectivity index (χ3v) is 7.92. The summed E-state index contributed by atoms with van der Waals surface area (Å²) >= 11 is 1.85. The molecule has 1 aromatic heterocycles. The van der Waals surface area contributed by atoms with Crippen molar-refractivity contribution in [3.8, 4) is 0 Å². The van der Waals surface area contributed by atoms with Gasteiger partial charge in [0.05, 0.1) is 6.04 Å². The minimum Gasteiger partial charge on any atom is -0.339 e. The molecule has 0 saturated carbocycles. The standard InChI is InChI=1S/C26H35N3O2S/c1-18(2)26(31)29-15-14-28(17-20(29)4)24(30)10-13-27-12-9-23-22(11-16-32-23)25(27)21-8-6-5-7-19(21)3/h5-8,11,16,18,20,25H,9-10,12-15,17H2,1-4H3. The van der Waals surface area contributed by atoms with E-state index >= 15 is 0 Å². The SMILES string of the molecule is Cc1ccccc1C1c2ccsc2CCN1CCC(=O)N1CCN(C(=O)C(C)C)C(C)C1. The first-order valence-electron chi connectivity index (χ1n) is 11.8. The van der Waals surface area contributed by atoms with E-state index < -0.39 is 0 Å². The van der Waals surface area contributed by atoms with Gasteiger partial charge in [-0.3, -0.25) is 14.5 Å². The molecule has 2 atom stereocenters. The van der Waals surface area contributed by atoms with Crippen LogP contribution in [-0.2, 0) is 16.0 Å². The normalized spacial score (nSPS) is 21.7.